The van der Waals surface area contributed by atoms with E-state index in [0.717, 1.165) is 36.6 Å². The molecule has 0 bridgehead atoms. The molecule has 3 aliphatic heterocycles. The van der Waals surface area contributed by atoms with Gasteiger partial charge >= 0.3 is 0 Å². The molecule has 7 nitrogen and oxygen atoms in total. The maximum Gasteiger partial charge on any atom is 0.218 e. The van der Waals surface area contributed by atoms with Gasteiger partial charge in [-0.05, 0) is 31.1 Å². The number of halogens is 1. The number of hydrogen-bond acceptors (Lipinski definition) is 7. The van der Waals surface area contributed by atoms with Crippen LogP contribution in [0.4, 0.5) is 4.39 Å². The van der Waals surface area contributed by atoms with Crippen molar-refractivity contribution in [3.63, 3.8) is 0 Å². The zero-order valence-electron chi connectivity index (χ0n) is 14.2. The van der Waals surface area contributed by atoms with Gasteiger partial charge in [-0.3, -0.25) is 4.84 Å². The lowest BCUT2D eigenvalue weighted by Crippen LogP contribution is -2.37. The zero-order valence-corrected chi connectivity index (χ0v) is 14.2. The molecule has 1 atom stereocenters. The van der Waals surface area contributed by atoms with E-state index < -0.39 is 0 Å². The molecule has 25 heavy (non-hydrogen) atoms. The topological polar surface area (TPSA) is 53.4 Å². The molecule has 8 heteroatoms. The van der Waals surface area contributed by atoms with Crippen molar-refractivity contribution in [1.82, 2.24) is 20.1 Å². The van der Waals surface area contributed by atoms with Crippen LogP contribution in [0, 0.1) is 5.82 Å². The summed E-state index contributed by atoms with van der Waals surface area (Å²) in [7, 11) is 3.19. The van der Waals surface area contributed by atoms with Crippen LogP contribution < -0.4 is 4.74 Å². The van der Waals surface area contributed by atoms with Gasteiger partial charge in [-0.25, -0.2) is 19.4 Å². The molecule has 0 aliphatic carbocycles. The molecule has 3 aliphatic rings. The Labute approximate surface area is 145 Å². The number of ether oxygens (including phenoxy) is 1. The molecule has 132 valence electrons. The van der Waals surface area contributed by atoms with E-state index in [9.17, 15) is 4.39 Å². The lowest BCUT2D eigenvalue weighted by molar-refractivity contribution is -0.218. The van der Waals surface area contributed by atoms with Gasteiger partial charge < -0.3 is 9.64 Å². The fourth-order valence-corrected chi connectivity index (χ4v) is 3.53. The molecule has 0 radical (unpaired) electrons. The number of hydrazine groups is 1. The van der Waals surface area contributed by atoms with Gasteiger partial charge in [0.25, 0.3) is 0 Å². The predicted molar refractivity (Wildman–Crippen MR) is 89.6 cm³/mol. The summed E-state index contributed by atoms with van der Waals surface area (Å²) in [6, 6.07) is 1.50. The minimum atomic E-state index is -0.357. The average molecular weight is 345 g/mol. The largest absolute Gasteiger partial charge is 0.481 e. The monoisotopic (exact) mass is 345 g/mol. The van der Waals surface area contributed by atoms with Crippen molar-refractivity contribution in [3.05, 3.63) is 47.8 Å². The first-order chi connectivity index (χ1) is 12.2. The van der Waals surface area contributed by atoms with Crippen molar-refractivity contribution in [1.29, 1.82) is 0 Å². The number of amidine groups is 1. The smallest absolute Gasteiger partial charge is 0.218 e. The maximum absolute atomic E-state index is 13.7. The molecule has 4 heterocycles. The summed E-state index contributed by atoms with van der Waals surface area (Å²) < 4.78 is 19.1. The highest BCUT2D eigenvalue weighted by atomic mass is 19.1. The van der Waals surface area contributed by atoms with E-state index >= 15 is 0 Å². The van der Waals surface area contributed by atoms with Crippen LogP contribution in [0.5, 0.6) is 5.88 Å². The van der Waals surface area contributed by atoms with E-state index in [1.54, 1.807) is 19.4 Å². The van der Waals surface area contributed by atoms with Crippen molar-refractivity contribution >= 4 is 5.84 Å². The number of fused-ring (bicyclic) bond motifs is 1. The van der Waals surface area contributed by atoms with E-state index in [2.05, 4.69) is 9.88 Å². The number of hydrogen-bond donors (Lipinski definition) is 0. The number of pyridine rings is 1. The number of rotatable bonds is 3. The Morgan fingerprint density at radius 2 is 2.20 bits per heavy atom. The van der Waals surface area contributed by atoms with E-state index in [1.165, 1.54) is 12.3 Å². The molecule has 4 rings (SSSR count). The highest BCUT2D eigenvalue weighted by Gasteiger charge is 2.33. The van der Waals surface area contributed by atoms with Crippen LogP contribution in [0.15, 0.2) is 41.4 Å². The van der Waals surface area contributed by atoms with Crippen LogP contribution in [0.2, 0.25) is 0 Å². The lowest BCUT2D eigenvalue weighted by Gasteiger charge is -2.32. The van der Waals surface area contributed by atoms with Gasteiger partial charge in [0.05, 0.1) is 33.0 Å². The maximum atomic E-state index is 13.7. The fraction of sp³-hybridized carbons (Fsp3) is 0.412. The number of likely N-dealkylation sites (tertiary alicyclic amines) is 1. The van der Waals surface area contributed by atoms with Crippen LogP contribution in [0.1, 0.15) is 24.4 Å². The first-order valence-corrected chi connectivity index (χ1v) is 8.25. The number of hydroxylamine groups is 1. The SMILES string of the molecule is COc1ncc(F)cc1[C@H]1CCCN1C1=NC2=CCN(OC)N2C=C1. The van der Waals surface area contributed by atoms with Crippen molar-refractivity contribution in [3.8, 4) is 5.88 Å². The Kier molecular flexibility index (Phi) is 4.14. The third-order valence-electron chi connectivity index (χ3n) is 4.65. The summed E-state index contributed by atoms with van der Waals surface area (Å²) in [5, 5.41) is 3.58. The summed E-state index contributed by atoms with van der Waals surface area (Å²) in [6.07, 6.45) is 8.97. The van der Waals surface area contributed by atoms with E-state index in [-0.39, 0.29) is 11.9 Å². The molecular weight excluding hydrogens is 325 g/mol. The van der Waals surface area contributed by atoms with E-state index in [0.29, 0.717) is 12.4 Å². The van der Waals surface area contributed by atoms with Crippen molar-refractivity contribution in [2.45, 2.75) is 18.9 Å². The Bertz CT molecular complexity index is 763. The molecule has 0 unspecified atom stereocenters. The number of aliphatic imine (C=N–C) groups is 1. The molecular formula is C17H20FN5O2. The summed E-state index contributed by atoms with van der Waals surface area (Å²) in [5.41, 5.74) is 0.762. The van der Waals surface area contributed by atoms with Crippen LogP contribution in [0.25, 0.3) is 0 Å². The lowest BCUT2D eigenvalue weighted by atomic mass is 10.1. The Hall–Kier alpha value is -2.45. The average Bonchev–Trinajstić information content (AvgIpc) is 3.27. The molecule has 0 saturated carbocycles. The molecule has 0 spiro atoms. The van der Waals surface area contributed by atoms with Gasteiger partial charge in [-0.15, -0.1) is 0 Å². The van der Waals surface area contributed by atoms with Gasteiger partial charge in [0, 0.05) is 18.3 Å². The molecule has 0 N–H and O–H groups in total. The summed E-state index contributed by atoms with van der Waals surface area (Å²) >= 11 is 0. The van der Waals surface area contributed by atoms with E-state index in [4.69, 9.17) is 14.6 Å². The van der Waals surface area contributed by atoms with Gasteiger partial charge in [-0.1, -0.05) is 5.17 Å². The molecule has 1 saturated heterocycles. The third kappa shape index (κ3) is 2.77. The minimum Gasteiger partial charge on any atom is -0.481 e. The van der Waals surface area contributed by atoms with Crippen LogP contribution in [-0.2, 0) is 4.84 Å². The summed E-state index contributed by atoms with van der Waals surface area (Å²) in [6.45, 7) is 1.51. The summed E-state index contributed by atoms with van der Waals surface area (Å²) in [4.78, 5) is 16.3. The second-order valence-corrected chi connectivity index (χ2v) is 6.01. The Morgan fingerprint density at radius 3 is 3.00 bits per heavy atom. The summed E-state index contributed by atoms with van der Waals surface area (Å²) in [5.74, 6) is 1.79. The second kappa shape index (κ2) is 6.45. The number of nitrogens with zero attached hydrogens (tertiary/aromatic N) is 5. The van der Waals surface area contributed by atoms with Crippen molar-refractivity contribution in [2.24, 2.45) is 4.99 Å². The van der Waals surface area contributed by atoms with Gasteiger partial charge in [0.1, 0.15) is 17.5 Å². The molecule has 1 aromatic rings. The van der Waals surface area contributed by atoms with E-state index in [1.807, 2.05) is 23.4 Å². The highest BCUT2D eigenvalue weighted by molar-refractivity contribution is 5.95. The van der Waals surface area contributed by atoms with Crippen LogP contribution in [0.3, 0.4) is 0 Å². The highest BCUT2D eigenvalue weighted by Crippen LogP contribution is 2.37. The molecule has 0 aromatic carbocycles. The molecule has 1 fully saturated rings. The molecule has 0 amide bonds. The first-order valence-electron chi connectivity index (χ1n) is 8.25. The van der Waals surface area contributed by atoms with Crippen LogP contribution in [-0.4, -0.2) is 53.2 Å². The van der Waals surface area contributed by atoms with Gasteiger partial charge in [-0.2, -0.15) is 0 Å². The third-order valence-corrected chi connectivity index (χ3v) is 4.65. The predicted octanol–water partition coefficient (Wildman–Crippen LogP) is 2.23. The van der Waals surface area contributed by atoms with Gasteiger partial charge in [0.2, 0.25) is 5.88 Å². The number of aromatic nitrogens is 1. The van der Waals surface area contributed by atoms with Gasteiger partial charge in [0.15, 0.2) is 0 Å². The quantitative estimate of drug-likeness (QED) is 0.837. The zero-order chi connectivity index (χ0) is 17.4. The Balaban J connectivity index is 1.63. The molecule has 1 aromatic heterocycles. The van der Waals surface area contributed by atoms with Crippen molar-refractivity contribution in [2.75, 3.05) is 27.3 Å². The minimum absolute atomic E-state index is 0.00590. The second-order valence-electron chi connectivity index (χ2n) is 6.01. The fourth-order valence-electron chi connectivity index (χ4n) is 3.53. The number of methoxy groups -OCH3 is 1. The first kappa shape index (κ1) is 16.0. The standard InChI is InChI=1S/C17H20FN5O2/c1-24-17-13(10-12(18)11-19-17)14-4-3-7-21(14)15-5-8-22-16(20-15)6-9-23(22)25-2/h5-6,8,10-11,14H,3-4,7,9H2,1-2H3/t14-/m1/s1. The Morgan fingerprint density at radius 1 is 1.32 bits per heavy atom. The van der Waals surface area contributed by atoms with Crippen molar-refractivity contribution < 1.29 is 14.0 Å². The normalized spacial score (nSPS) is 22.9. The van der Waals surface area contributed by atoms with Crippen LogP contribution >= 0.6 is 0 Å².